The topological polar surface area (TPSA) is 47.8 Å². The Balaban J connectivity index is 2.22. The minimum atomic E-state index is 0.255. The van der Waals surface area contributed by atoms with Crippen LogP contribution in [-0.4, -0.2) is 32.5 Å². The summed E-state index contributed by atoms with van der Waals surface area (Å²) >= 11 is 5.47. The summed E-state index contributed by atoms with van der Waals surface area (Å²) in [5, 5.41) is 4.45. The van der Waals surface area contributed by atoms with Crippen molar-refractivity contribution in [3.05, 3.63) is 10.5 Å². The predicted molar refractivity (Wildman–Crippen MR) is 72.3 cm³/mol. The number of hydrogen-bond donors (Lipinski definition) is 1. The number of fused-ring (bicyclic) bond motifs is 1. The average Bonchev–Trinajstić information content (AvgIpc) is 2.97. The highest BCUT2D eigenvalue weighted by Gasteiger charge is 2.31. The third-order valence-corrected chi connectivity index (χ3v) is 4.22. The van der Waals surface area contributed by atoms with Crippen LogP contribution in [0, 0.1) is 11.7 Å². The van der Waals surface area contributed by atoms with E-state index in [4.69, 9.17) is 17.0 Å². The van der Waals surface area contributed by atoms with Crippen molar-refractivity contribution in [1.29, 1.82) is 0 Å². The maximum absolute atomic E-state index is 5.59. The monoisotopic (exact) mass is 266 g/mol. The second-order valence-electron chi connectivity index (χ2n) is 4.98. The molecule has 2 aromatic heterocycles. The van der Waals surface area contributed by atoms with Crippen LogP contribution in [0.3, 0.4) is 0 Å². The number of H-pyrrole nitrogens is 1. The summed E-state index contributed by atoms with van der Waals surface area (Å²) < 4.78 is 10.5. The van der Waals surface area contributed by atoms with E-state index >= 15 is 0 Å². The van der Waals surface area contributed by atoms with E-state index in [2.05, 4.69) is 14.6 Å². The fourth-order valence-corrected chi connectivity index (χ4v) is 3.44. The van der Waals surface area contributed by atoms with E-state index in [9.17, 15) is 0 Å². The number of nitrogens with one attached hydrogen (secondary N) is 1. The van der Waals surface area contributed by atoms with Gasteiger partial charge in [0.1, 0.15) is 5.52 Å². The van der Waals surface area contributed by atoms with Crippen molar-refractivity contribution >= 4 is 23.4 Å². The summed E-state index contributed by atoms with van der Waals surface area (Å²) in [6.45, 7) is 2.00. The first kappa shape index (κ1) is 11.9. The third-order valence-electron chi connectivity index (χ3n) is 3.92. The molecule has 3 rings (SSSR count). The van der Waals surface area contributed by atoms with Crippen molar-refractivity contribution < 1.29 is 4.74 Å². The molecule has 2 atom stereocenters. The number of hydrogen-bond acceptors (Lipinski definition) is 3. The van der Waals surface area contributed by atoms with Gasteiger partial charge in [-0.25, -0.2) is 0 Å². The molecule has 0 bridgehead atoms. The number of ether oxygens (including phenoxy) is 1. The molecule has 0 spiro atoms. The third kappa shape index (κ3) is 1.55. The summed E-state index contributed by atoms with van der Waals surface area (Å²) in [4.78, 5) is 3.28. The number of aromatic nitrogens is 4. The van der Waals surface area contributed by atoms with Crippen LogP contribution in [0.1, 0.15) is 31.0 Å². The molecule has 1 fully saturated rings. The largest absolute Gasteiger partial charge is 0.379 e. The second-order valence-corrected chi connectivity index (χ2v) is 5.37. The lowest BCUT2D eigenvalue weighted by Gasteiger charge is -2.20. The van der Waals surface area contributed by atoms with Gasteiger partial charge >= 0.3 is 0 Å². The molecule has 6 heteroatoms. The molecule has 2 heterocycles. The fraction of sp³-hybridized carbons (Fsp3) is 0.667. The van der Waals surface area contributed by atoms with Gasteiger partial charge in [0, 0.05) is 14.2 Å². The van der Waals surface area contributed by atoms with E-state index in [-0.39, 0.29) is 6.10 Å². The van der Waals surface area contributed by atoms with Crippen LogP contribution in [-0.2, 0) is 11.8 Å². The highest BCUT2D eigenvalue weighted by molar-refractivity contribution is 7.71. The maximum atomic E-state index is 5.59. The second kappa shape index (κ2) is 4.20. The summed E-state index contributed by atoms with van der Waals surface area (Å²) in [7, 11) is 3.75. The number of methoxy groups -OCH3 is 1. The molecule has 0 saturated heterocycles. The van der Waals surface area contributed by atoms with Crippen LogP contribution >= 0.6 is 12.2 Å². The Morgan fingerprint density at radius 1 is 1.44 bits per heavy atom. The number of aromatic amines is 1. The molecule has 0 aromatic carbocycles. The number of imidazole rings is 1. The van der Waals surface area contributed by atoms with Crippen molar-refractivity contribution in [3.8, 4) is 0 Å². The smallest absolute Gasteiger partial charge is 0.179 e. The van der Waals surface area contributed by atoms with Crippen LogP contribution in [0.5, 0.6) is 0 Å². The van der Waals surface area contributed by atoms with Gasteiger partial charge in [0.15, 0.2) is 10.4 Å². The van der Waals surface area contributed by atoms with Gasteiger partial charge in [0.2, 0.25) is 0 Å². The molecule has 2 unspecified atom stereocenters. The molecule has 1 aliphatic carbocycles. The Morgan fingerprint density at radius 3 is 2.94 bits per heavy atom. The Labute approximate surface area is 111 Å². The van der Waals surface area contributed by atoms with Crippen molar-refractivity contribution in [2.75, 3.05) is 7.11 Å². The average molecular weight is 266 g/mol. The van der Waals surface area contributed by atoms with Crippen LogP contribution in [0.25, 0.3) is 11.2 Å². The summed E-state index contributed by atoms with van der Waals surface area (Å²) in [6.07, 6.45) is 3.66. The van der Waals surface area contributed by atoms with Crippen LogP contribution in [0.2, 0.25) is 0 Å². The number of rotatable bonds is 2. The molecule has 0 aliphatic heterocycles. The zero-order chi connectivity index (χ0) is 12.9. The normalized spacial score (nSPS) is 24.2. The Bertz CT molecular complexity index is 638. The van der Waals surface area contributed by atoms with Crippen LogP contribution < -0.4 is 0 Å². The minimum Gasteiger partial charge on any atom is -0.379 e. The zero-order valence-corrected chi connectivity index (χ0v) is 11.8. The van der Waals surface area contributed by atoms with Crippen molar-refractivity contribution in [1.82, 2.24) is 19.3 Å². The van der Waals surface area contributed by atoms with E-state index in [0.29, 0.717) is 6.04 Å². The van der Waals surface area contributed by atoms with Crippen molar-refractivity contribution in [3.63, 3.8) is 0 Å². The van der Waals surface area contributed by atoms with Gasteiger partial charge in [0.25, 0.3) is 0 Å². The Morgan fingerprint density at radius 2 is 2.22 bits per heavy atom. The van der Waals surface area contributed by atoms with Gasteiger partial charge in [-0.2, -0.15) is 5.10 Å². The summed E-state index contributed by atoms with van der Waals surface area (Å²) in [5.41, 5.74) is 3.11. The molecule has 5 nitrogen and oxygen atoms in total. The van der Waals surface area contributed by atoms with Crippen molar-refractivity contribution in [2.45, 2.75) is 38.3 Å². The van der Waals surface area contributed by atoms with Gasteiger partial charge in [-0.3, -0.25) is 9.25 Å². The molecule has 98 valence electrons. The van der Waals surface area contributed by atoms with E-state index in [0.717, 1.165) is 34.5 Å². The Hall–Kier alpha value is -1.14. The lowest BCUT2D eigenvalue weighted by molar-refractivity contribution is 0.0754. The number of nitrogens with zero attached hydrogens (tertiary/aromatic N) is 3. The first-order chi connectivity index (χ1) is 8.63. The Kier molecular flexibility index (Phi) is 2.79. The molecule has 1 N–H and O–H groups in total. The van der Waals surface area contributed by atoms with E-state index in [1.807, 2.05) is 18.7 Å². The van der Waals surface area contributed by atoms with Gasteiger partial charge in [-0.15, -0.1) is 0 Å². The molecular formula is C12H18N4OS. The minimum absolute atomic E-state index is 0.255. The van der Waals surface area contributed by atoms with Gasteiger partial charge in [-0.1, -0.05) is 0 Å². The molecular weight excluding hydrogens is 248 g/mol. The first-order valence-electron chi connectivity index (χ1n) is 6.30. The SMILES string of the molecule is COC1CCCC1n1c(=S)[nH]c2c(C)nn(C)c21. The number of aryl methyl sites for hydroxylation is 2. The van der Waals surface area contributed by atoms with E-state index in [1.165, 1.54) is 6.42 Å². The predicted octanol–water partition coefficient (Wildman–Crippen LogP) is 2.48. The molecule has 0 radical (unpaired) electrons. The van der Waals surface area contributed by atoms with Crippen LogP contribution in [0.15, 0.2) is 0 Å². The molecule has 2 aromatic rings. The maximum Gasteiger partial charge on any atom is 0.179 e. The highest BCUT2D eigenvalue weighted by Crippen LogP contribution is 2.35. The van der Waals surface area contributed by atoms with Crippen LogP contribution in [0.4, 0.5) is 0 Å². The summed E-state index contributed by atoms with van der Waals surface area (Å²) in [5.74, 6) is 0. The standard InChI is InChI=1S/C12H18N4OS/c1-7-10-11(15(2)14-7)16(12(18)13-10)8-5-4-6-9(8)17-3/h8-9H,4-6H2,1-3H3,(H,13,18). The fourth-order valence-electron chi connectivity index (χ4n) is 3.12. The highest BCUT2D eigenvalue weighted by atomic mass is 32.1. The first-order valence-corrected chi connectivity index (χ1v) is 6.71. The zero-order valence-electron chi connectivity index (χ0n) is 10.9. The van der Waals surface area contributed by atoms with Gasteiger partial charge in [0.05, 0.1) is 17.8 Å². The molecule has 18 heavy (non-hydrogen) atoms. The van der Waals surface area contributed by atoms with E-state index < -0.39 is 0 Å². The van der Waals surface area contributed by atoms with Gasteiger partial charge in [-0.05, 0) is 38.4 Å². The molecule has 1 saturated carbocycles. The lowest BCUT2D eigenvalue weighted by atomic mass is 10.2. The lowest BCUT2D eigenvalue weighted by Crippen LogP contribution is -2.21. The van der Waals surface area contributed by atoms with E-state index in [1.54, 1.807) is 7.11 Å². The van der Waals surface area contributed by atoms with Gasteiger partial charge < -0.3 is 9.72 Å². The van der Waals surface area contributed by atoms with Crippen molar-refractivity contribution in [2.24, 2.45) is 7.05 Å². The molecule has 1 aliphatic rings. The summed E-state index contributed by atoms with van der Waals surface area (Å²) in [6, 6.07) is 0.325. The quantitative estimate of drug-likeness (QED) is 0.850. The molecule has 0 amide bonds.